The number of rotatable bonds is 5. The Hall–Kier alpha value is -1.79. The molecule has 0 spiro atoms. The topological polar surface area (TPSA) is 94.2 Å². The minimum absolute atomic E-state index is 0.266. The summed E-state index contributed by atoms with van der Waals surface area (Å²) in [6, 6.07) is 4.80. The van der Waals surface area contributed by atoms with Crippen LogP contribution in [0, 0.1) is 5.82 Å². The maximum Gasteiger partial charge on any atom is 0.343 e. The van der Waals surface area contributed by atoms with E-state index in [-0.39, 0.29) is 11.9 Å². The van der Waals surface area contributed by atoms with Gasteiger partial charge in [-0.15, -0.1) is 0 Å². The molecule has 156 valence electrons. The van der Waals surface area contributed by atoms with Crippen LogP contribution in [0.2, 0.25) is 0 Å². The second-order valence-corrected chi connectivity index (χ2v) is 8.92. The molecule has 2 aliphatic heterocycles. The predicted molar refractivity (Wildman–Crippen MR) is 102 cm³/mol. The van der Waals surface area contributed by atoms with Gasteiger partial charge in [0.1, 0.15) is 5.82 Å². The molecule has 2 fully saturated rings. The second-order valence-electron chi connectivity index (χ2n) is 6.99. The van der Waals surface area contributed by atoms with Gasteiger partial charge in [-0.05, 0) is 44.2 Å². The molecule has 9 nitrogen and oxygen atoms in total. The third-order valence-corrected chi connectivity index (χ3v) is 6.97. The van der Waals surface area contributed by atoms with Gasteiger partial charge in [-0.25, -0.2) is 14.7 Å². The van der Waals surface area contributed by atoms with E-state index in [1.165, 1.54) is 32.9 Å². The molecule has 1 aromatic carbocycles. The maximum atomic E-state index is 12.9. The monoisotopic (exact) mass is 415 g/mol. The number of hydroxylamine groups is 1. The quantitative estimate of drug-likeness (QED) is 0.695. The van der Waals surface area contributed by atoms with Crippen molar-refractivity contribution in [2.45, 2.75) is 18.9 Å². The fourth-order valence-corrected chi connectivity index (χ4v) is 4.81. The van der Waals surface area contributed by atoms with Crippen LogP contribution in [0.3, 0.4) is 0 Å². The first kappa shape index (κ1) is 20.9. The Morgan fingerprint density at radius 2 is 1.61 bits per heavy atom. The first-order chi connectivity index (χ1) is 13.3. The molecule has 1 aromatic rings. The van der Waals surface area contributed by atoms with Crippen molar-refractivity contribution in [1.82, 2.24) is 19.0 Å². The highest BCUT2D eigenvalue weighted by molar-refractivity contribution is 7.86. The van der Waals surface area contributed by atoms with Crippen molar-refractivity contribution in [3.63, 3.8) is 0 Å². The lowest BCUT2D eigenvalue weighted by Crippen LogP contribution is -2.54. The minimum Gasteiger partial charge on any atom is -0.306 e. The number of nitrogens with zero attached hydrogens (tertiary/aromatic N) is 3. The Morgan fingerprint density at radius 3 is 2.21 bits per heavy atom. The lowest BCUT2D eigenvalue weighted by molar-refractivity contribution is -0.0252. The lowest BCUT2D eigenvalue weighted by Gasteiger charge is -2.37. The Balaban J connectivity index is 1.41. The number of carbonyl (C=O) groups is 1. The fourth-order valence-electron chi connectivity index (χ4n) is 3.19. The van der Waals surface area contributed by atoms with Gasteiger partial charge >= 0.3 is 6.03 Å². The molecule has 2 amide bonds. The van der Waals surface area contributed by atoms with Crippen LogP contribution < -0.4 is 10.8 Å². The standard InChI is InChI=1S/C17H26FN5O4S/c1-21-10-12-23(13-11-21)28(25,26)22-8-6-16(7-9-22)27-20-17(24)19-15-4-2-14(18)3-5-15/h2-5,16H,6-13H2,1H3,(H2,19,20,24). The van der Waals surface area contributed by atoms with Crippen molar-refractivity contribution >= 4 is 21.9 Å². The number of hydrogen-bond acceptors (Lipinski definition) is 5. The van der Waals surface area contributed by atoms with Gasteiger partial charge in [0.15, 0.2) is 0 Å². The molecule has 0 bridgehead atoms. The van der Waals surface area contributed by atoms with Crippen LogP contribution in [0.5, 0.6) is 0 Å². The first-order valence-electron chi connectivity index (χ1n) is 9.26. The summed E-state index contributed by atoms with van der Waals surface area (Å²) >= 11 is 0. The zero-order valence-corrected chi connectivity index (χ0v) is 16.6. The number of amides is 2. The highest BCUT2D eigenvalue weighted by Gasteiger charge is 2.34. The SMILES string of the molecule is CN1CCN(S(=O)(=O)N2CCC(ONC(=O)Nc3ccc(F)cc3)CC2)CC1. The van der Waals surface area contributed by atoms with E-state index in [1.807, 2.05) is 7.05 Å². The number of piperidine rings is 1. The van der Waals surface area contributed by atoms with Crippen LogP contribution in [0.1, 0.15) is 12.8 Å². The summed E-state index contributed by atoms with van der Waals surface area (Å²) in [6.45, 7) is 3.15. The molecule has 0 atom stereocenters. The van der Waals surface area contributed by atoms with Crippen LogP contribution in [0.25, 0.3) is 0 Å². The van der Waals surface area contributed by atoms with Gasteiger partial charge in [0.25, 0.3) is 10.2 Å². The zero-order chi connectivity index (χ0) is 20.1. The Labute approximate surface area is 164 Å². The number of nitrogens with one attached hydrogen (secondary N) is 2. The normalized spacial score (nSPS) is 20.8. The van der Waals surface area contributed by atoms with Crippen molar-refractivity contribution in [2.75, 3.05) is 51.6 Å². The third-order valence-electron chi connectivity index (χ3n) is 4.94. The number of anilines is 1. The van der Waals surface area contributed by atoms with Crippen LogP contribution >= 0.6 is 0 Å². The summed E-state index contributed by atoms with van der Waals surface area (Å²) in [7, 11) is -1.48. The Kier molecular flexibility index (Phi) is 6.83. The average molecular weight is 415 g/mol. The second kappa shape index (κ2) is 9.14. The molecule has 2 saturated heterocycles. The van der Waals surface area contributed by atoms with E-state index in [4.69, 9.17) is 4.84 Å². The van der Waals surface area contributed by atoms with Gasteiger partial charge in [-0.1, -0.05) is 0 Å². The summed E-state index contributed by atoms with van der Waals surface area (Å²) in [6.07, 6.45) is 0.714. The van der Waals surface area contributed by atoms with Crippen molar-refractivity contribution in [1.29, 1.82) is 0 Å². The van der Waals surface area contributed by atoms with Crippen molar-refractivity contribution in [3.05, 3.63) is 30.1 Å². The van der Waals surface area contributed by atoms with E-state index < -0.39 is 16.2 Å². The smallest absolute Gasteiger partial charge is 0.306 e. The van der Waals surface area contributed by atoms with E-state index in [1.54, 1.807) is 0 Å². The summed E-state index contributed by atoms with van der Waals surface area (Å²) in [5, 5.41) is 2.53. The third kappa shape index (κ3) is 5.39. The summed E-state index contributed by atoms with van der Waals surface area (Å²) in [5.41, 5.74) is 2.75. The molecule has 2 N–H and O–H groups in total. The fraction of sp³-hybridized carbons (Fsp3) is 0.588. The molecule has 0 radical (unpaired) electrons. The van der Waals surface area contributed by atoms with E-state index in [9.17, 15) is 17.6 Å². The molecule has 0 aromatic heterocycles. The number of benzene rings is 1. The van der Waals surface area contributed by atoms with E-state index in [0.29, 0.717) is 44.7 Å². The predicted octanol–water partition coefficient (Wildman–Crippen LogP) is 0.835. The van der Waals surface area contributed by atoms with Crippen molar-refractivity contribution in [3.8, 4) is 0 Å². The molecule has 0 saturated carbocycles. The lowest BCUT2D eigenvalue weighted by atomic mass is 10.1. The Morgan fingerprint density at radius 1 is 1.04 bits per heavy atom. The number of halogens is 1. The largest absolute Gasteiger partial charge is 0.343 e. The maximum absolute atomic E-state index is 12.9. The first-order valence-corrected chi connectivity index (χ1v) is 10.7. The number of hydrogen-bond donors (Lipinski definition) is 2. The summed E-state index contributed by atoms with van der Waals surface area (Å²) < 4.78 is 41.3. The molecular weight excluding hydrogens is 389 g/mol. The van der Waals surface area contributed by atoms with E-state index in [2.05, 4.69) is 15.7 Å². The van der Waals surface area contributed by atoms with E-state index in [0.717, 1.165) is 13.1 Å². The van der Waals surface area contributed by atoms with Gasteiger partial charge in [0.05, 0.1) is 6.10 Å². The summed E-state index contributed by atoms with van der Waals surface area (Å²) in [4.78, 5) is 19.3. The molecule has 0 aliphatic carbocycles. The van der Waals surface area contributed by atoms with Crippen LogP contribution in [0.15, 0.2) is 24.3 Å². The van der Waals surface area contributed by atoms with Crippen molar-refractivity contribution < 1.29 is 22.4 Å². The number of piperazine rings is 1. The zero-order valence-electron chi connectivity index (χ0n) is 15.8. The van der Waals surface area contributed by atoms with Crippen LogP contribution in [0.4, 0.5) is 14.9 Å². The summed E-state index contributed by atoms with van der Waals surface area (Å²) in [5.74, 6) is -0.388. The molecule has 0 unspecified atom stereocenters. The van der Waals surface area contributed by atoms with Gasteiger partial charge in [-0.2, -0.15) is 17.0 Å². The highest BCUT2D eigenvalue weighted by Crippen LogP contribution is 2.19. The Bertz CT molecular complexity index is 760. The molecule has 2 aliphatic rings. The number of likely N-dealkylation sites (N-methyl/N-ethyl adjacent to an activating group) is 1. The van der Waals surface area contributed by atoms with Crippen molar-refractivity contribution in [2.24, 2.45) is 0 Å². The van der Waals surface area contributed by atoms with Gasteiger partial charge in [0.2, 0.25) is 0 Å². The van der Waals surface area contributed by atoms with Gasteiger partial charge in [0, 0.05) is 45.0 Å². The van der Waals surface area contributed by atoms with Crippen LogP contribution in [-0.2, 0) is 15.0 Å². The van der Waals surface area contributed by atoms with E-state index >= 15 is 0 Å². The number of urea groups is 1. The van der Waals surface area contributed by atoms with Crippen LogP contribution in [-0.4, -0.2) is 80.4 Å². The highest BCUT2D eigenvalue weighted by atomic mass is 32.2. The number of carbonyl (C=O) groups excluding carboxylic acids is 1. The molecule has 3 rings (SSSR count). The molecule has 2 heterocycles. The van der Waals surface area contributed by atoms with Gasteiger partial charge in [-0.3, -0.25) is 4.84 Å². The minimum atomic E-state index is -3.45. The van der Waals surface area contributed by atoms with Gasteiger partial charge < -0.3 is 10.2 Å². The molecule has 11 heteroatoms. The molecular formula is C17H26FN5O4S. The average Bonchev–Trinajstić information content (AvgIpc) is 2.69. The molecule has 28 heavy (non-hydrogen) atoms.